The minimum Gasteiger partial charge on any atom is -0.294 e. The molecule has 4 nitrogen and oxygen atoms in total. The summed E-state index contributed by atoms with van der Waals surface area (Å²) in [7, 11) is 0. The van der Waals surface area contributed by atoms with Gasteiger partial charge in [0.15, 0.2) is 5.78 Å². The molecule has 0 bridgehead atoms. The first kappa shape index (κ1) is 12.0. The van der Waals surface area contributed by atoms with Crippen LogP contribution in [0.25, 0.3) is 16.7 Å². The van der Waals surface area contributed by atoms with Crippen LogP contribution >= 0.6 is 15.9 Å². The maximum Gasteiger partial charge on any atom is 0.162 e. The molecular weight excluding hydrogens is 306 g/mol. The summed E-state index contributed by atoms with van der Waals surface area (Å²) in [6, 6.07) is 13.2. The molecule has 1 aromatic heterocycles. The van der Waals surface area contributed by atoms with E-state index in [4.69, 9.17) is 0 Å². The zero-order chi connectivity index (χ0) is 13.4. The Morgan fingerprint density at radius 1 is 1.21 bits per heavy atom. The Hall–Kier alpha value is -2.01. The summed E-state index contributed by atoms with van der Waals surface area (Å²) in [5, 5.41) is 8.25. The SMILES string of the molecule is CC(=O)c1cc(Br)ccc1-n1nnc2ccccc21. The van der Waals surface area contributed by atoms with Gasteiger partial charge in [0.05, 0.1) is 11.2 Å². The third-order valence-electron chi connectivity index (χ3n) is 2.92. The number of halogens is 1. The lowest BCUT2D eigenvalue weighted by Gasteiger charge is -2.07. The Labute approximate surface area is 118 Å². The Morgan fingerprint density at radius 2 is 2.00 bits per heavy atom. The molecule has 19 heavy (non-hydrogen) atoms. The van der Waals surface area contributed by atoms with Crippen molar-refractivity contribution in [3.05, 3.63) is 52.5 Å². The molecule has 0 saturated heterocycles. The topological polar surface area (TPSA) is 47.8 Å². The molecule has 0 unspecified atom stereocenters. The predicted octanol–water partition coefficient (Wildman–Crippen LogP) is 3.39. The van der Waals surface area contributed by atoms with Crippen LogP contribution in [0.5, 0.6) is 0 Å². The lowest BCUT2D eigenvalue weighted by atomic mass is 10.1. The van der Waals surface area contributed by atoms with E-state index in [2.05, 4.69) is 26.2 Å². The number of para-hydroxylation sites is 1. The van der Waals surface area contributed by atoms with Crippen LogP contribution in [0.4, 0.5) is 0 Å². The molecule has 0 spiro atoms. The molecule has 5 heteroatoms. The molecule has 0 aliphatic rings. The van der Waals surface area contributed by atoms with Crippen molar-refractivity contribution in [3.8, 4) is 5.69 Å². The second-order valence-corrected chi connectivity index (χ2v) is 5.12. The maximum absolute atomic E-state index is 11.8. The molecule has 0 N–H and O–H groups in total. The van der Waals surface area contributed by atoms with Crippen molar-refractivity contribution in [3.63, 3.8) is 0 Å². The Balaban J connectivity index is 2.30. The largest absolute Gasteiger partial charge is 0.294 e. The summed E-state index contributed by atoms with van der Waals surface area (Å²) in [5.74, 6) is -0.00381. The number of fused-ring (bicyclic) bond motifs is 1. The maximum atomic E-state index is 11.8. The molecule has 3 aromatic rings. The van der Waals surface area contributed by atoms with Crippen molar-refractivity contribution in [2.24, 2.45) is 0 Å². The van der Waals surface area contributed by atoms with Gasteiger partial charge in [-0.25, -0.2) is 4.68 Å². The van der Waals surface area contributed by atoms with Gasteiger partial charge in [0.2, 0.25) is 0 Å². The summed E-state index contributed by atoms with van der Waals surface area (Å²) < 4.78 is 2.56. The number of nitrogens with zero attached hydrogens (tertiary/aromatic N) is 3. The normalized spacial score (nSPS) is 10.8. The molecule has 0 fully saturated rings. The van der Waals surface area contributed by atoms with Crippen LogP contribution in [-0.4, -0.2) is 20.8 Å². The summed E-state index contributed by atoms with van der Waals surface area (Å²) >= 11 is 3.38. The fourth-order valence-electron chi connectivity index (χ4n) is 2.02. The molecular formula is C14H10BrN3O. The van der Waals surface area contributed by atoms with Gasteiger partial charge in [0.1, 0.15) is 5.52 Å². The summed E-state index contributed by atoms with van der Waals surface area (Å²) in [4.78, 5) is 11.8. The van der Waals surface area contributed by atoms with Crippen LogP contribution in [0, 0.1) is 0 Å². The average Bonchev–Trinajstić information content (AvgIpc) is 2.82. The number of hydrogen-bond acceptors (Lipinski definition) is 3. The minimum atomic E-state index is -0.00381. The zero-order valence-electron chi connectivity index (χ0n) is 10.2. The molecule has 0 saturated carbocycles. The highest BCUT2D eigenvalue weighted by Crippen LogP contribution is 2.23. The van der Waals surface area contributed by atoms with Gasteiger partial charge >= 0.3 is 0 Å². The Kier molecular flexibility index (Phi) is 2.91. The van der Waals surface area contributed by atoms with Crippen molar-refractivity contribution >= 4 is 32.7 Å². The standard InChI is InChI=1S/C14H10BrN3O/c1-9(19)11-8-10(15)6-7-13(11)18-14-5-3-2-4-12(14)16-17-18/h2-8H,1H3. The predicted molar refractivity (Wildman–Crippen MR) is 76.6 cm³/mol. The van der Waals surface area contributed by atoms with E-state index < -0.39 is 0 Å². The van der Waals surface area contributed by atoms with E-state index in [1.807, 2.05) is 36.4 Å². The summed E-state index contributed by atoms with van der Waals surface area (Å²) in [5.41, 5.74) is 3.04. The lowest BCUT2D eigenvalue weighted by molar-refractivity contribution is 0.101. The van der Waals surface area contributed by atoms with Gasteiger partial charge < -0.3 is 0 Å². The van der Waals surface area contributed by atoms with Crippen molar-refractivity contribution < 1.29 is 4.79 Å². The molecule has 3 rings (SSSR count). The quantitative estimate of drug-likeness (QED) is 0.681. The van der Waals surface area contributed by atoms with E-state index in [9.17, 15) is 4.79 Å². The third-order valence-corrected chi connectivity index (χ3v) is 3.41. The number of rotatable bonds is 2. The first-order valence-corrected chi connectivity index (χ1v) is 6.57. The lowest BCUT2D eigenvalue weighted by Crippen LogP contribution is -2.05. The summed E-state index contributed by atoms with van der Waals surface area (Å²) in [6.07, 6.45) is 0. The number of aromatic nitrogens is 3. The molecule has 0 aliphatic carbocycles. The van der Waals surface area contributed by atoms with Gasteiger partial charge in [-0.3, -0.25) is 4.79 Å². The number of hydrogen-bond donors (Lipinski definition) is 0. The van der Waals surface area contributed by atoms with Crippen molar-refractivity contribution in [1.82, 2.24) is 15.0 Å². The summed E-state index contributed by atoms with van der Waals surface area (Å²) in [6.45, 7) is 1.55. The fourth-order valence-corrected chi connectivity index (χ4v) is 2.38. The Bertz CT molecular complexity index is 779. The van der Waals surface area contributed by atoms with E-state index in [0.717, 1.165) is 21.2 Å². The van der Waals surface area contributed by atoms with Gasteiger partial charge in [-0.15, -0.1) is 5.10 Å². The van der Waals surface area contributed by atoms with E-state index in [1.165, 1.54) is 0 Å². The highest BCUT2D eigenvalue weighted by atomic mass is 79.9. The van der Waals surface area contributed by atoms with Gasteiger partial charge in [-0.1, -0.05) is 33.3 Å². The van der Waals surface area contributed by atoms with Gasteiger partial charge in [-0.05, 0) is 37.3 Å². The van der Waals surface area contributed by atoms with E-state index in [-0.39, 0.29) is 5.78 Å². The van der Waals surface area contributed by atoms with E-state index in [0.29, 0.717) is 5.56 Å². The average molecular weight is 316 g/mol. The van der Waals surface area contributed by atoms with Crippen LogP contribution in [0.2, 0.25) is 0 Å². The highest BCUT2D eigenvalue weighted by Gasteiger charge is 2.13. The van der Waals surface area contributed by atoms with E-state index in [1.54, 1.807) is 17.7 Å². The fraction of sp³-hybridized carbons (Fsp3) is 0.0714. The van der Waals surface area contributed by atoms with Crippen molar-refractivity contribution in [2.75, 3.05) is 0 Å². The van der Waals surface area contributed by atoms with E-state index >= 15 is 0 Å². The van der Waals surface area contributed by atoms with Crippen LogP contribution in [0.1, 0.15) is 17.3 Å². The second kappa shape index (κ2) is 4.59. The Morgan fingerprint density at radius 3 is 2.79 bits per heavy atom. The monoisotopic (exact) mass is 315 g/mol. The molecule has 0 atom stereocenters. The number of benzene rings is 2. The first-order chi connectivity index (χ1) is 9.16. The number of carbonyl (C=O) groups is 1. The van der Waals surface area contributed by atoms with Crippen LogP contribution in [0.3, 0.4) is 0 Å². The van der Waals surface area contributed by atoms with Crippen molar-refractivity contribution in [2.45, 2.75) is 6.92 Å². The second-order valence-electron chi connectivity index (χ2n) is 4.21. The highest BCUT2D eigenvalue weighted by molar-refractivity contribution is 9.10. The van der Waals surface area contributed by atoms with Crippen LogP contribution < -0.4 is 0 Å². The third kappa shape index (κ3) is 2.06. The molecule has 0 amide bonds. The molecule has 0 aliphatic heterocycles. The molecule has 1 heterocycles. The zero-order valence-corrected chi connectivity index (χ0v) is 11.8. The number of ketones is 1. The van der Waals surface area contributed by atoms with Crippen LogP contribution in [-0.2, 0) is 0 Å². The van der Waals surface area contributed by atoms with Gasteiger partial charge in [0.25, 0.3) is 0 Å². The minimum absolute atomic E-state index is 0.00381. The van der Waals surface area contributed by atoms with Crippen molar-refractivity contribution in [1.29, 1.82) is 0 Å². The number of carbonyl (C=O) groups excluding carboxylic acids is 1. The van der Waals surface area contributed by atoms with Gasteiger partial charge in [-0.2, -0.15) is 0 Å². The molecule has 94 valence electrons. The van der Waals surface area contributed by atoms with Crippen LogP contribution in [0.15, 0.2) is 46.9 Å². The molecule has 2 aromatic carbocycles. The van der Waals surface area contributed by atoms with Gasteiger partial charge in [0, 0.05) is 10.0 Å². The molecule has 0 radical (unpaired) electrons. The first-order valence-electron chi connectivity index (χ1n) is 5.78. The smallest absolute Gasteiger partial charge is 0.162 e. The number of Topliss-reactive ketones (excluding diaryl/α,β-unsaturated/α-hetero) is 1.